The van der Waals surface area contributed by atoms with E-state index in [1.54, 1.807) is 12.1 Å². The smallest absolute Gasteiger partial charge is 0.243 e. The minimum atomic E-state index is -3.74. The summed E-state index contributed by atoms with van der Waals surface area (Å²) in [5.41, 5.74) is 2.41. The van der Waals surface area contributed by atoms with Gasteiger partial charge in [-0.05, 0) is 67.5 Å². The van der Waals surface area contributed by atoms with Crippen molar-refractivity contribution in [3.8, 4) is 0 Å². The maximum atomic E-state index is 13.1. The van der Waals surface area contributed by atoms with Crippen molar-refractivity contribution in [2.24, 2.45) is 0 Å². The maximum Gasteiger partial charge on any atom is 0.243 e. The van der Waals surface area contributed by atoms with E-state index < -0.39 is 16.1 Å². The topological polar surface area (TPSA) is 66.5 Å². The molecule has 0 radical (unpaired) electrons. The van der Waals surface area contributed by atoms with E-state index in [0.717, 1.165) is 24.8 Å². The minimum Gasteiger partial charge on any atom is -0.348 e. The molecule has 148 valence electrons. The zero-order valence-electron chi connectivity index (χ0n) is 15.5. The monoisotopic (exact) mass is 418 g/mol. The second-order valence-electron chi connectivity index (χ2n) is 7.38. The number of halogens is 1. The maximum absolute atomic E-state index is 13.1. The molecule has 7 heteroatoms. The van der Waals surface area contributed by atoms with E-state index in [2.05, 4.69) is 17.4 Å². The first-order chi connectivity index (χ1) is 13.5. The fourth-order valence-electron chi connectivity index (χ4n) is 4.20. The number of sulfonamides is 1. The molecule has 1 aliphatic heterocycles. The molecular weight excluding hydrogens is 396 g/mol. The number of hydrogen-bond donors (Lipinski definition) is 1. The number of fused-ring (bicyclic) bond motifs is 1. The molecule has 0 aromatic heterocycles. The number of amides is 1. The summed E-state index contributed by atoms with van der Waals surface area (Å²) in [6.45, 7) is 0.351. The molecule has 5 nitrogen and oxygen atoms in total. The Kier molecular flexibility index (Phi) is 5.45. The summed E-state index contributed by atoms with van der Waals surface area (Å²) in [4.78, 5) is 13.2. The van der Waals surface area contributed by atoms with E-state index >= 15 is 0 Å². The molecule has 1 fully saturated rings. The highest BCUT2D eigenvalue weighted by Crippen LogP contribution is 2.31. The lowest BCUT2D eigenvalue weighted by Gasteiger charge is -2.29. The lowest BCUT2D eigenvalue weighted by atomic mass is 9.87. The second-order valence-corrected chi connectivity index (χ2v) is 9.71. The summed E-state index contributed by atoms with van der Waals surface area (Å²) in [6.07, 6.45) is 4.11. The molecule has 2 atom stereocenters. The predicted molar refractivity (Wildman–Crippen MR) is 109 cm³/mol. The molecular formula is C21H23ClN2O3S. The molecule has 1 aliphatic carbocycles. The number of aryl methyl sites for hydroxylation is 1. The van der Waals surface area contributed by atoms with Crippen LogP contribution in [-0.4, -0.2) is 31.2 Å². The van der Waals surface area contributed by atoms with Gasteiger partial charge in [0.2, 0.25) is 15.9 Å². The summed E-state index contributed by atoms with van der Waals surface area (Å²) in [6, 6.07) is 13.5. The molecule has 0 saturated carbocycles. The van der Waals surface area contributed by atoms with Crippen LogP contribution >= 0.6 is 11.6 Å². The van der Waals surface area contributed by atoms with E-state index in [0.29, 0.717) is 24.4 Å². The predicted octanol–water partition coefficient (Wildman–Crippen LogP) is 3.69. The van der Waals surface area contributed by atoms with Crippen LogP contribution < -0.4 is 5.32 Å². The number of carbonyl (C=O) groups is 1. The molecule has 2 aromatic carbocycles. The van der Waals surface area contributed by atoms with Crippen LogP contribution in [0.1, 0.15) is 42.9 Å². The largest absolute Gasteiger partial charge is 0.348 e. The Balaban J connectivity index is 1.54. The highest BCUT2D eigenvalue weighted by molar-refractivity contribution is 7.89. The van der Waals surface area contributed by atoms with Crippen molar-refractivity contribution in [1.82, 2.24) is 9.62 Å². The number of benzene rings is 2. The van der Waals surface area contributed by atoms with Gasteiger partial charge in [0, 0.05) is 11.6 Å². The molecule has 2 aromatic rings. The molecule has 0 spiro atoms. The van der Waals surface area contributed by atoms with Gasteiger partial charge in [-0.15, -0.1) is 0 Å². The van der Waals surface area contributed by atoms with E-state index in [1.165, 1.54) is 22.0 Å². The quantitative estimate of drug-likeness (QED) is 0.823. The van der Waals surface area contributed by atoms with Gasteiger partial charge in [0.05, 0.1) is 10.9 Å². The number of nitrogens with one attached hydrogen (secondary N) is 1. The fraction of sp³-hybridized carbons (Fsp3) is 0.381. The Morgan fingerprint density at radius 1 is 1.04 bits per heavy atom. The van der Waals surface area contributed by atoms with Crippen LogP contribution in [0.2, 0.25) is 5.02 Å². The standard InChI is InChI=1S/C21H23ClN2O3S/c22-16-10-12-17(13-11-16)28(26,27)24-14-4-9-20(24)21(25)23-19-8-3-6-15-5-1-2-7-18(15)19/h1-2,5,7,10-13,19-20H,3-4,6,8-9,14H2,(H,23,25)/t19-,20-/m0/s1. The Labute approximate surface area is 170 Å². The van der Waals surface area contributed by atoms with Gasteiger partial charge in [0.1, 0.15) is 6.04 Å². The van der Waals surface area contributed by atoms with Crippen molar-refractivity contribution >= 4 is 27.5 Å². The molecule has 2 aliphatic rings. The minimum absolute atomic E-state index is 0.0573. The van der Waals surface area contributed by atoms with Crippen LogP contribution in [0.25, 0.3) is 0 Å². The van der Waals surface area contributed by atoms with Crippen molar-refractivity contribution in [1.29, 1.82) is 0 Å². The fourth-order valence-corrected chi connectivity index (χ4v) is 5.99. The Bertz CT molecular complexity index is 975. The van der Waals surface area contributed by atoms with Crippen LogP contribution in [0.4, 0.5) is 0 Å². The highest BCUT2D eigenvalue weighted by atomic mass is 35.5. The first kappa shape index (κ1) is 19.4. The first-order valence-electron chi connectivity index (χ1n) is 9.62. The summed E-state index contributed by atoms with van der Waals surface area (Å²) < 4.78 is 27.4. The number of nitrogens with zero attached hydrogens (tertiary/aromatic N) is 1. The van der Waals surface area contributed by atoms with Crippen LogP contribution in [0.3, 0.4) is 0 Å². The summed E-state index contributed by atoms with van der Waals surface area (Å²) >= 11 is 5.88. The summed E-state index contributed by atoms with van der Waals surface area (Å²) in [7, 11) is -3.74. The molecule has 1 saturated heterocycles. The third-order valence-electron chi connectivity index (χ3n) is 5.61. The van der Waals surface area contributed by atoms with E-state index in [9.17, 15) is 13.2 Å². The SMILES string of the molecule is O=C(N[C@H]1CCCc2ccccc21)[C@@H]1CCCN1S(=O)(=O)c1ccc(Cl)cc1. The molecule has 1 amide bonds. The Morgan fingerprint density at radius 3 is 2.57 bits per heavy atom. The van der Waals surface area contributed by atoms with Crippen molar-refractivity contribution in [3.63, 3.8) is 0 Å². The van der Waals surface area contributed by atoms with Crippen molar-refractivity contribution < 1.29 is 13.2 Å². The highest BCUT2D eigenvalue weighted by Gasteiger charge is 2.40. The number of rotatable bonds is 4. The summed E-state index contributed by atoms with van der Waals surface area (Å²) in [5.74, 6) is -0.211. The van der Waals surface area contributed by atoms with Gasteiger partial charge < -0.3 is 5.32 Å². The van der Waals surface area contributed by atoms with Crippen LogP contribution in [-0.2, 0) is 21.2 Å². The molecule has 1 N–H and O–H groups in total. The molecule has 0 bridgehead atoms. The van der Waals surface area contributed by atoms with Gasteiger partial charge in [-0.25, -0.2) is 8.42 Å². The Morgan fingerprint density at radius 2 is 1.79 bits per heavy atom. The van der Waals surface area contributed by atoms with Crippen LogP contribution in [0.5, 0.6) is 0 Å². The number of hydrogen-bond acceptors (Lipinski definition) is 3. The van der Waals surface area contributed by atoms with Gasteiger partial charge in [0.25, 0.3) is 0 Å². The van der Waals surface area contributed by atoms with E-state index in [-0.39, 0.29) is 16.8 Å². The van der Waals surface area contributed by atoms with Crippen molar-refractivity contribution in [2.75, 3.05) is 6.54 Å². The lowest BCUT2D eigenvalue weighted by Crippen LogP contribution is -2.47. The molecule has 4 rings (SSSR count). The number of carbonyl (C=O) groups excluding carboxylic acids is 1. The zero-order chi connectivity index (χ0) is 19.7. The molecule has 1 heterocycles. The molecule has 0 unspecified atom stereocenters. The second kappa shape index (κ2) is 7.85. The van der Waals surface area contributed by atoms with Gasteiger partial charge in [-0.3, -0.25) is 4.79 Å². The molecule has 28 heavy (non-hydrogen) atoms. The van der Waals surface area contributed by atoms with Crippen molar-refractivity contribution in [2.45, 2.75) is 49.1 Å². The average molecular weight is 419 g/mol. The van der Waals surface area contributed by atoms with Crippen LogP contribution in [0, 0.1) is 0 Å². The third kappa shape index (κ3) is 3.69. The lowest BCUT2D eigenvalue weighted by molar-refractivity contribution is -0.125. The van der Waals surface area contributed by atoms with Gasteiger partial charge in [-0.1, -0.05) is 35.9 Å². The van der Waals surface area contributed by atoms with E-state index in [4.69, 9.17) is 11.6 Å². The van der Waals surface area contributed by atoms with Gasteiger partial charge in [-0.2, -0.15) is 4.31 Å². The zero-order valence-corrected chi connectivity index (χ0v) is 17.0. The van der Waals surface area contributed by atoms with Crippen LogP contribution in [0.15, 0.2) is 53.4 Å². The van der Waals surface area contributed by atoms with E-state index in [1.807, 2.05) is 12.1 Å². The Hall–Kier alpha value is -1.89. The average Bonchev–Trinajstić information content (AvgIpc) is 3.20. The normalized spacial score (nSPS) is 22.6. The first-order valence-corrected chi connectivity index (χ1v) is 11.4. The van der Waals surface area contributed by atoms with Gasteiger partial charge >= 0.3 is 0 Å². The van der Waals surface area contributed by atoms with Crippen molar-refractivity contribution in [3.05, 3.63) is 64.7 Å². The third-order valence-corrected chi connectivity index (χ3v) is 7.79. The summed E-state index contributed by atoms with van der Waals surface area (Å²) in [5, 5.41) is 3.59. The van der Waals surface area contributed by atoms with Gasteiger partial charge in [0.15, 0.2) is 0 Å².